The molecule has 0 bridgehead atoms. The van der Waals surface area contributed by atoms with E-state index in [2.05, 4.69) is 16.2 Å². The molecular formula is C13H10N4O4. The number of nitro groups is 1. The SMILES string of the molecule is C#CCNC(=O)Cn1cnc2cc([N+](=O)[O-])ccc2c1=O. The van der Waals surface area contributed by atoms with Crippen molar-refractivity contribution >= 4 is 22.5 Å². The van der Waals surface area contributed by atoms with E-state index in [4.69, 9.17) is 6.42 Å². The number of carbonyl (C=O) groups is 1. The highest BCUT2D eigenvalue weighted by Crippen LogP contribution is 2.16. The van der Waals surface area contributed by atoms with Crippen LogP contribution < -0.4 is 10.9 Å². The van der Waals surface area contributed by atoms with E-state index in [1.165, 1.54) is 24.5 Å². The van der Waals surface area contributed by atoms with Crippen LogP contribution in [-0.2, 0) is 11.3 Å². The molecule has 0 atom stereocenters. The number of fused-ring (bicyclic) bond motifs is 1. The first-order valence-electron chi connectivity index (χ1n) is 5.86. The van der Waals surface area contributed by atoms with Gasteiger partial charge in [-0.1, -0.05) is 5.92 Å². The van der Waals surface area contributed by atoms with E-state index in [-0.39, 0.29) is 29.7 Å². The summed E-state index contributed by atoms with van der Waals surface area (Å²) < 4.78 is 1.11. The van der Waals surface area contributed by atoms with Gasteiger partial charge in [-0.2, -0.15) is 0 Å². The molecule has 2 aromatic rings. The van der Waals surface area contributed by atoms with E-state index < -0.39 is 16.4 Å². The molecule has 0 spiro atoms. The number of benzene rings is 1. The third-order valence-corrected chi connectivity index (χ3v) is 2.72. The van der Waals surface area contributed by atoms with Gasteiger partial charge < -0.3 is 5.32 Å². The Kier molecular flexibility index (Phi) is 3.95. The van der Waals surface area contributed by atoms with E-state index >= 15 is 0 Å². The molecule has 0 radical (unpaired) electrons. The van der Waals surface area contributed by atoms with Crippen molar-refractivity contribution < 1.29 is 9.72 Å². The predicted molar refractivity (Wildman–Crippen MR) is 74.5 cm³/mol. The normalized spacial score (nSPS) is 10.0. The van der Waals surface area contributed by atoms with Crippen molar-refractivity contribution in [3.05, 3.63) is 45.0 Å². The maximum atomic E-state index is 12.2. The lowest BCUT2D eigenvalue weighted by molar-refractivity contribution is -0.384. The van der Waals surface area contributed by atoms with Gasteiger partial charge in [-0.15, -0.1) is 6.42 Å². The Balaban J connectivity index is 2.36. The summed E-state index contributed by atoms with van der Waals surface area (Å²) in [5.74, 6) is 1.83. The van der Waals surface area contributed by atoms with E-state index in [1.54, 1.807) is 0 Å². The van der Waals surface area contributed by atoms with Crippen LogP contribution in [0.5, 0.6) is 0 Å². The van der Waals surface area contributed by atoms with Gasteiger partial charge in [0.25, 0.3) is 11.2 Å². The van der Waals surface area contributed by atoms with E-state index in [1.807, 2.05) is 0 Å². The van der Waals surface area contributed by atoms with Crippen LogP contribution in [0.15, 0.2) is 29.3 Å². The highest BCUT2D eigenvalue weighted by Gasteiger charge is 2.11. The monoisotopic (exact) mass is 286 g/mol. The van der Waals surface area contributed by atoms with Crippen molar-refractivity contribution in [3.63, 3.8) is 0 Å². The number of hydrogen-bond donors (Lipinski definition) is 1. The Bertz CT molecular complexity index is 819. The zero-order chi connectivity index (χ0) is 15.4. The Morgan fingerprint density at radius 1 is 1.52 bits per heavy atom. The summed E-state index contributed by atoms with van der Waals surface area (Å²) in [7, 11) is 0. The number of rotatable bonds is 4. The highest BCUT2D eigenvalue weighted by atomic mass is 16.6. The van der Waals surface area contributed by atoms with Crippen LogP contribution in [0.25, 0.3) is 10.9 Å². The number of aromatic nitrogens is 2. The van der Waals surface area contributed by atoms with Crippen LogP contribution in [0.4, 0.5) is 5.69 Å². The number of terminal acetylenes is 1. The lowest BCUT2D eigenvalue weighted by Gasteiger charge is -2.06. The van der Waals surface area contributed by atoms with E-state index in [0.29, 0.717) is 0 Å². The molecule has 1 heterocycles. The number of carbonyl (C=O) groups excluding carboxylic acids is 1. The van der Waals surface area contributed by atoms with Crippen molar-refractivity contribution in [1.29, 1.82) is 0 Å². The standard InChI is InChI=1S/C13H10N4O4/c1-2-5-14-12(18)7-16-8-15-11-6-9(17(20)21)3-4-10(11)13(16)19/h1,3-4,6,8H,5,7H2,(H,14,18). The maximum Gasteiger partial charge on any atom is 0.271 e. The Labute approximate surface area is 118 Å². The quantitative estimate of drug-likeness (QED) is 0.485. The second kappa shape index (κ2) is 5.83. The molecule has 8 heteroatoms. The van der Waals surface area contributed by atoms with Crippen LogP contribution in [0.1, 0.15) is 0 Å². The first-order valence-corrected chi connectivity index (χ1v) is 5.86. The third-order valence-electron chi connectivity index (χ3n) is 2.72. The van der Waals surface area contributed by atoms with Crippen molar-refractivity contribution in [2.24, 2.45) is 0 Å². The van der Waals surface area contributed by atoms with Gasteiger partial charge in [-0.05, 0) is 6.07 Å². The number of hydrogen-bond acceptors (Lipinski definition) is 5. The second-order valence-corrected chi connectivity index (χ2v) is 4.12. The number of nitrogens with zero attached hydrogens (tertiary/aromatic N) is 3. The van der Waals surface area contributed by atoms with Crippen molar-refractivity contribution in [3.8, 4) is 12.3 Å². The molecule has 0 saturated carbocycles. The minimum absolute atomic E-state index is 0.0702. The van der Waals surface area contributed by atoms with Crippen molar-refractivity contribution in [2.45, 2.75) is 6.54 Å². The molecule has 0 aliphatic heterocycles. The zero-order valence-electron chi connectivity index (χ0n) is 10.8. The average Bonchev–Trinajstić information content (AvgIpc) is 2.47. The summed E-state index contributed by atoms with van der Waals surface area (Å²) in [5, 5.41) is 13.3. The van der Waals surface area contributed by atoms with Crippen molar-refractivity contribution in [2.75, 3.05) is 6.54 Å². The van der Waals surface area contributed by atoms with Crippen LogP contribution >= 0.6 is 0 Å². The first kappa shape index (κ1) is 14.2. The number of amides is 1. The van der Waals surface area contributed by atoms with E-state index in [9.17, 15) is 19.7 Å². The molecule has 8 nitrogen and oxygen atoms in total. The fraction of sp³-hybridized carbons (Fsp3) is 0.154. The highest BCUT2D eigenvalue weighted by molar-refractivity contribution is 5.80. The summed E-state index contributed by atoms with van der Waals surface area (Å²) in [6.45, 7) is -0.152. The van der Waals surface area contributed by atoms with Gasteiger partial charge in [0, 0.05) is 12.1 Å². The third kappa shape index (κ3) is 3.03. The zero-order valence-corrected chi connectivity index (χ0v) is 10.8. The summed E-state index contributed by atoms with van der Waals surface area (Å²) >= 11 is 0. The summed E-state index contributed by atoms with van der Waals surface area (Å²) in [4.78, 5) is 37.7. The van der Waals surface area contributed by atoms with Crippen molar-refractivity contribution in [1.82, 2.24) is 14.9 Å². The number of nitrogens with one attached hydrogen (secondary N) is 1. The molecule has 0 aliphatic carbocycles. The minimum atomic E-state index is -0.570. The minimum Gasteiger partial charge on any atom is -0.344 e. The number of nitro benzene ring substituents is 1. The molecule has 2 rings (SSSR count). The van der Waals surface area contributed by atoms with Gasteiger partial charge in [0.2, 0.25) is 5.91 Å². The lowest BCUT2D eigenvalue weighted by Crippen LogP contribution is -2.32. The van der Waals surface area contributed by atoms with Gasteiger partial charge >= 0.3 is 0 Å². The van der Waals surface area contributed by atoms with Gasteiger partial charge in [-0.3, -0.25) is 24.3 Å². The Morgan fingerprint density at radius 2 is 2.29 bits per heavy atom. The maximum absolute atomic E-state index is 12.2. The summed E-state index contributed by atoms with van der Waals surface area (Å²) in [6.07, 6.45) is 6.18. The van der Waals surface area contributed by atoms with Gasteiger partial charge in [0.05, 0.1) is 28.7 Å². The molecule has 1 aromatic heterocycles. The fourth-order valence-electron chi connectivity index (χ4n) is 1.73. The molecule has 0 unspecified atom stereocenters. The Hall–Kier alpha value is -3.21. The van der Waals surface area contributed by atoms with Gasteiger partial charge in [0.1, 0.15) is 6.54 Å². The molecule has 1 N–H and O–H groups in total. The number of non-ortho nitro benzene ring substituents is 1. The topological polar surface area (TPSA) is 107 Å². The molecule has 1 aromatic carbocycles. The van der Waals surface area contributed by atoms with Gasteiger partial charge in [-0.25, -0.2) is 4.98 Å². The molecular weight excluding hydrogens is 276 g/mol. The smallest absolute Gasteiger partial charge is 0.271 e. The first-order chi connectivity index (χ1) is 10.0. The summed E-state index contributed by atoms with van der Waals surface area (Å²) in [5.41, 5.74) is -0.404. The molecule has 0 fully saturated rings. The van der Waals surface area contributed by atoms with E-state index in [0.717, 1.165) is 4.57 Å². The molecule has 21 heavy (non-hydrogen) atoms. The largest absolute Gasteiger partial charge is 0.344 e. The van der Waals surface area contributed by atoms with Crippen LogP contribution in [0.3, 0.4) is 0 Å². The average molecular weight is 286 g/mol. The second-order valence-electron chi connectivity index (χ2n) is 4.12. The fourth-order valence-corrected chi connectivity index (χ4v) is 1.73. The lowest BCUT2D eigenvalue weighted by atomic mass is 10.2. The van der Waals surface area contributed by atoms with Crippen LogP contribution in [-0.4, -0.2) is 26.9 Å². The van der Waals surface area contributed by atoms with Crippen LogP contribution in [0.2, 0.25) is 0 Å². The molecule has 0 saturated heterocycles. The van der Waals surface area contributed by atoms with Crippen LogP contribution in [0, 0.1) is 22.5 Å². The van der Waals surface area contributed by atoms with Gasteiger partial charge in [0.15, 0.2) is 0 Å². The predicted octanol–water partition coefficient (Wildman–Crippen LogP) is 0.0541. The summed E-state index contributed by atoms with van der Waals surface area (Å²) in [6, 6.07) is 3.74. The molecule has 106 valence electrons. The molecule has 0 aliphatic rings. The molecule has 1 amide bonds. The Morgan fingerprint density at radius 3 is 2.95 bits per heavy atom.